The number of ketones is 1. The van der Waals surface area contributed by atoms with Crippen molar-refractivity contribution >= 4 is 45.2 Å². The molecule has 0 amide bonds. The van der Waals surface area contributed by atoms with Gasteiger partial charge in [0, 0.05) is 6.07 Å². The first-order valence-electron chi connectivity index (χ1n) is 8.36. The van der Waals surface area contributed by atoms with Crippen molar-refractivity contribution in [3.05, 3.63) is 93.7 Å². The average molecular weight is 447 g/mol. The summed E-state index contributed by atoms with van der Waals surface area (Å²) in [7, 11) is -4.00. The number of halogens is 2. The second-order valence-corrected chi connectivity index (χ2v) is 8.48. The fourth-order valence-corrected chi connectivity index (χ4v) is 3.98. The molecule has 0 saturated carbocycles. The van der Waals surface area contributed by atoms with E-state index >= 15 is 0 Å². The second-order valence-electron chi connectivity index (χ2n) is 6.12. The zero-order chi connectivity index (χ0) is 20.6. The van der Waals surface area contributed by atoms with Gasteiger partial charge in [-0.25, -0.2) is 0 Å². The Morgan fingerprint density at radius 1 is 0.897 bits per heavy atom. The summed E-state index contributed by atoms with van der Waals surface area (Å²) in [6.45, 7) is 0. The zero-order valence-corrected chi connectivity index (χ0v) is 17.0. The van der Waals surface area contributed by atoms with E-state index in [0.29, 0.717) is 21.2 Å². The third-order valence-corrected chi connectivity index (χ3v) is 6.12. The SMILES string of the molecule is O=C1/C(=C/c2ccc(Cl)c(Cl)c2)Oc2cc(OS(=O)(=O)c3ccccc3)ccc21. The van der Waals surface area contributed by atoms with Crippen LogP contribution < -0.4 is 8.92 Å². The standard InChI is InChI=1S/C21H12Cl2O5S/c22-17-9-6-13(10-18(17)23)11-20-21(24)16-8-7-14(12-19(16)27-20)28-29(25,26)15-4-2-1-3-5-15/h1-12H/b20-11-. The molecule has 1 aliphatic heterocycles. The molecule has 0 unspecified atom stereocenters. The van der Waals surface area contributed by atoms with Crippen LogP contribution in [0.25, 0.3) is 6.08 Å². The fraction of sp³-hybridized carbons (Fsp3) is 0. The molecule has 0 aliphatic carbocycles. The zero-order valence-electron chi connectivity index (χ0n) is 14.6. The summed E-state index contributed by atoms with van der Waals surface area (Å²) < 4.78 is 35.5. The van der Waals surface area contributed by atoms with Gasteiger partial charge in [-0.05, 0) is 48.0 Å². The summed E-state index contributed by atoms with van der Waals surface area (Å²) in [5.41, 5.74) is 0.944. The normalized spacial score (nSPS) is 14.6. The van der Waals surface area contributed by atoms with E-state index in [0.717, 1.165) is 0 Å². The molecule has 0 N–H and O–H groups in total. The number of carbonyl (C=O) groups excluding carboxylic acids is 1. The lowest BCUT2D eigenvalue weighted by molar-refractivity contribution is 0.101. The molecule has 1 aliphatic rings. The van der Waals surface area contributed by atoms with E-state index in [9.17, 15) is 13.2 Å². The minimum Gasteiger partial charge on any atom is -0.452 e. The van der Waals surface area contributed by atoms with E-state index < -0.39 is 10.1 Å². The average Bonchev–Trinajstić information content (AvgIpc) is 3.00. The molecule has 3 aromatic carbocycles. The maximum atomic E-state index is 12.6. The topological polar surface area (TPSA) is 69.7 Å². The van der Waals surface area contributed by atoms with Crippen LogP contribution in [0.3, 0.4) is 0 Å². The first-order valence-corrected chi connectivity index (χ1v) is 10.5. The number of ether oxygens (including phenoxy) is 1. The van der Waals surface area contributed by atoms with E-state index in [1.165, 1.54) is 36.4 Å². The van der Waals surface area contributed by atoms with Crippen molar-refractivity contribution in [2.24, 2.45) is 0 Å². The Morgan fingerprint density at radius 3 is 2.38 bits per heavy atom. The number of hydrogen-bond acceptors (Lipinski definition) is 5. The molecule has 1 heterocycles. The Kier molecular flexibility index (Phi) is 5.08. The summed E-state index contributed by atoms with van der Waals surface area (Å²) in [5.74, 6) is 0.00302. The van der Waals surface area contributed by atoms with Crippen LogP contribution in [-0.2, 0) is 10.1 Å². The van der Waals surface area contributed by atoms with E-state index in [1.807, 2.05) is 0 Å². The number of hydrogen-bond donors (Lipinski definition) is 0. The predicted octanol–water partition coefficient (Wildman–Crippen LogP) is 5.38. The van der Waals surface area contributed by atoms with Gasteiger partial charge in [0.1, 0.15) is 16.4 Å². The van der Waals surface area contributed by atoms with Crippen molar-refractivity contribution in [3.8, 4) is 11.5 Å². The van der Waals surface area contributed by atoms with Gasteiger partial charge in [0.05, 0.1) is 15.6 Å². The van der Waals surface area contributed by atoms with Gasteiger partial charge in [0.15, 0.2) is 5.76 Å². The largest absolute Gasteiger partial charge is 0.452 e. The van der Waals surface area contributed by atoms with E-state index in [1.54, 1.807) is 36.4 Å². The summed E-state index contributed by atoms with van der Waals surface area (Å²) in [6, 6.07) is 16.9. The summed E-state index contributed by atoms with van der Waals surface area (Å²) in [4.78, 5) is 12.6. The molecule has 0 saturated heterocycles. The molecule has 0 aromatic heterocycles. The smallest absolute Gasteiger partial charge is 0.339 e. The van der Waals surface area contributed by atoms with Gasteiger partial charge in [0.25, 0.3) is 0 Å². The molecule has 146 valence electrons. The van der Waals surface area contributed by atoms with E-state index in [2.05, 4.69) is 0 Å². The molecular formula is C21H12Cl2O5S. The highest BCUT2D eigenvalue weighted by Gasteiger charge is 2.28. The lowest BCUT2D eigenvalue weighted by Crippen LogP contribution is -2.09. The highest BCUT2D eigenvalue weighted by Crippen LogP contribution is 2.36. The minimum absolute atomic E-state index is 0.0256. The molecule has 0 fully saturated rings. The molecule has 5 nitrogen and oxygen atoms in total. The predicted molar refractivity (Wildman–Crippen MR) is 110 cm³/mol. The van der Waals surface area contributed by atoms with E-state index in [4.69, 9.17) is 32.1 Å². The molecule has 29 heavy (non-hydrogen) atoms. The Hall–Kier alpha value is -2.80. The molecule has 3 aromatic rings. The Morgan fingerprint density at radius 2 is 1.66 bits per heavy atom. The first kappa shape index (κ1) is 19.5. The summed E-state index contributed by atoms with van der Waals surface area (Å²) in [6.07, 6.45) is 1.53. The van der Waals surface area contributed by atoms with Crippen molar-refractivity contribution in [2.75, 3.05) is 0 Å². The summed E-state index contributed by atoms with van der Waals surface area (Å²) in [5, 5.41) is 0.753. The highest BCUT2D eigenvalue weighted by atomic mass is 35.5. The Balaban J connectivity index is 1.60. The quantitative estimate of drug-likeness (QED) is 0.397. The van der Waals surface area contributed by atoms with Crippen LogP contribution in [0.15, 0.2) is 77.4 Å². The maximum Gasteiger partial charge on any atom is 0.339 e. The number of rotatable bonds is 4. The number of allylic oxidation sites excluding steroid dienone is 1. The molecule has 8 heteroatoms. The summed E-state index contributed by atoms with van der Waals surface area (Å²) >= 11 is 11.9. The monoisotopic (exact) mass is 446 g/mol. The van der Waals surface area contributed by atoms with Gasteiger partial charge in [-0.15, -0.1) is 0 Å². The third kappa shape index (κ3) is 4.00. The fourth-order valence-electron chi connectivity index (χ4n) is 2.73. The van der Waals surface area contributed by atoms with Crippen molar-refractivity contribution < 1.29 is 22.1 Å². The van der Waals surface area contributed by atoms with E-state index in [-0.39, 0.29) is 27.9 Å². The highest BCUT2D eigenvalue weighted by molar-refractivity contribution is 7.87. The van der Waals surface area contributed by atoms with Crippen molar-refractivity contribution in [3.63, 3.8) is 0 Å². The number of Topliss-reactive ketones (excluding diaryl/α,β-unsaturated/α-hetero) is 1. The molecule has 0 bridgehead atoms. The van der Waals surface area contributed by atoms with Crippen LogP contribution in [0.5, 0.6) is 11.5 Å². The maximum absolute atomic E-state index is 12.6. The third-order valence-electron chi connectivity index (χ3n) is 4.12. The van der Waals surface area contributed by atoms with Crippen LogP contribution >= 0.6 is 23.2 Å². The molecular weight excluding hydrogens is 435 g/mol. The van der Waals surface area contributed by atoms with Gasteiger partial charge in [0.2, 0.25) is 5.78 Å². The lowest BCUT2D eigenvalue weighted by atomic mass is 10.1. The van der Waals surface area contributed by atoms with Gasteiger partial charge < -0.3 is 8.92 Å². The molecule has 4 rings (SSSR count). The van der Waals surface area contributed by atoms with Gasteiger partial charge >= 0.3 is 10.1 Å². The van der Waals surface area contributed by atoms with Gasteiger partial charge in [-0.2, -0.15) is 8.42 Å². The van der Waals surface area contributed by atoms with Crippen LogP contribution in [0.4, 0.5) is 0 Å². The minimum atomic E-state index is -4.00. The number of fused-ring (bicyclic) bond motifs is 1. The van der Waals surface area contributed by atoms with Crippen LogP contribution in [0.2, 0.25) is 10.0 Å². The van der Waals surface area contributed by atoms with Crippen LogP contribution in [0.1, 0.15) is 15.9 Å². The van der Waals surface area contributed by atoms with Gasteiger partial charge in [-0.3, -0.25) is 4.79 Å². The van der Waals surface area contributed by atoms with Crippen molar-refractivity contribution in [1.29, 1.82) is 0 Å². The van der Waals surface area contributed by atoms with Crippen molar-refractivity contribution in [2.45, 2.75) is 4.90 Å². The van der Waals surface area contributed by atoms with Crippen molar-refractivity contribution in [1.82, 2.24) is 0 Å². The number of benzene rings is 3. The molecule has 0 spiro atoms. The molecule has 0 atom stereocenters. The second kappa shape index (κ2) is 7.55. The first-order chi connectivity index (χ1) is 13.8. The lowest BCUT2D eigenvalue weighted by Gasteiger charge is -2.07. The molecule has 0 radical (unpaired) electrons. The van der Waals surface area contributed by atoms with Gasteiger partial charge in [-0.1, -0.05) is 47.5 Å². The van der Waals surface area contributed by atoms with Crippen LogP contribution in [-0.4, -0.2) is 14.2 Å². The Labute approximate surface area is 177 Å². The number of carbonyl (C=O) groups is 1. The van der Waals surface area contributed by atoms with Crippen LogP contribution in [0, 0.1) is 0 Å². The Bertz CT molecular complexity index is 1250.